The van der Waals surface area contributed by atoms with Crippen molar-refractivity contribution in [1.82, 2.24) is 0 Å². The van der Waals surface area contributed by atoms with Crippen LogP contribution >= 0.6 is 0 Å². The molecule has 0 radical (unpaired) electrons. The van der Waals surface area contributed by atoms with Crippen molar-refractivity contribution in [2.24, 2.45) is 0 Å². The Kier molecular flexibility index (Phi) is 3.68. The molecule has 1 atom stereocenters. The molecule has 0 aliphatic carbocycles. The summed E-state index contributed by atoms with van der Waals surface area (Å²) in [7, 11) is 0. The molecule has 0 bridgehead atoms. The lowest BCUT2D eigenvalue weighted by Gasteiger charge is -2.38. The van der Waals surface area contributed by atoms with Gasteiger partial charge in [0.15, 0.2) is 6.23 Å². The highest BCUT2D eigenvalue weighted by Crippen LogP contribution is 2.40. The Labute approximate surface area is 154 Å². The van der Waals surface area contributed by atoms with Crippen molar-refractivity contribution in [3.63, 3.8) is 0 Å². The van der Waals surface area contributed by atoms with Crippen LogP contribution in [0.3, 0.4) is 0 Å². The SMILES string of the molecule is Cc1ccc(N2Cc3ccccc3N3CCc4ccccc4C3O2)cc1. The van der Waals surface area contributed by atoms with Gasteiger partial charge in [-0.15, -0.1) is 0 Å². The van der Waals surface area contributed by atoms with Crippen molar-refractivity contribution in [3.05, 3.63) is 95.1 Å². The summed E-state index contributed by atoms with van der Waals surface area (Å²) in [6.45, 7) is 3.83. The Morgan fingerprint density at radius 2 is 1.58 bits per heavy atom. The molecule has 2 aliphatic rings. The molecule has 0 spiro atoms. The summed E-state index contributed by atoms with van der Waals surface area (Å²) < 4.78 is 0. The van der Waals surface area contributed by atoms with Gasteiger partial charge in [-0.05, 0) is 42.7 Å². The summed E-state index contributed by atoms with van der Waals surface area (Å²) >= 11 is 0. The lowest BCUT2D eigenvalue weighted by molar-refractivity contribution is 0.0272. The van der Waals surface area contributed by atoms with E-state index in [2.05, 4.69) is 84.6 Å². The van der Waals surface area contributed by atoms with E-state index in [1.54, 1.807) is 0 Å². The van der Waals surface area contributed by atoms with E-state index in [0.29, 0.717) is 0 Å². The molecule has 3 heteroatoms. The molecular weight excluding hydrogens is 320 g/mol. The van der Waals surface area contributed by atoms with Crippen molar-refractivity contribution in [2.75, 3.05) is 16.5 Å². The number of hydrogen-bond donors (Lipinski definition) is 0. The minimum absolute atomic E-state index is 0.0927. The van der Waals surface area contributed by atoms with E-state index in [9.17, 15) is 0 Å². The quantitative estimate of drug-likeness (QED) is 0.618. The maximum absolute atomic E-state index is 6.61. The number of para-hydroxylation sites is 1. The molecule has 3 aromatic rings. The number of benzene rings is 3. The highest BCUT2D eigenvalue weighted by Gasteiger charge is 2.34. The Morgan fingerprint density at radius 1 is 0.846 bits per heavy atom. The van der Waals surface area contributed by atoms with Crippen LogP contribution in [0.2, 0.25) is 0 Å². The summed E-state index contributed by atoms with van der Waals surface area (Å²) in [5.41, 5.74) is 7.59. The van der Waals surface area contributed by atoms with Gasteiger partial charge in [-0.3, -0.25) is 0 Å². The van der Waals surface area contributed by atoms with E-state index in [1.165, 1.54) is 27.9 Å². The second-order valence-electron chi connectivity index (χ2n) is 7.10. The zero-order chi connectivity index (χ0) is 17.5. The van der Waals surface area contributed by atoms with Gasteiger partial charge in [-0.1, -0.05) is 60.2 Å². The summed E-state index contributed by atoms with van der Waals surface area (Å²) in [5.74, 6) is 0. The standard InChI is InChI=1S/C23H22N2O/c1-17-10-12-20(13-11-17)25-16-19-7-3-5-9-22(19)24-15-14-18-6-2-4-8-21(18)23(24)26-25/h2-13,23H,14-16H2,1H3. The largest absolute Gasteiger partial charge is 0.340 e. The lowest BCUT2D eigenvalue weighted by Crippen LogP contribution is -2.38. The van der Waals surface area contributed by atoms with Gasteiger partial charge in [0.1, 0.15) is 0 Å². The fourth-order valence-electron chi connectivity index (χ4n) is 3.99. The molecule has 1 unspecified atom stereocenters. The molecule has 3 aromatic carbocycles. The average molecular weight is 342 g/mol. The molecule has 3 nitrogen and oxygen atoms in total. The smallest absolute Gasteiger partial charge is 0.183 e. The molecule has 0 amide bonds. The van der Waals surface area contributed by atoms with Crippen LogP contribution in [0.25, 0.3) is 0 Å². The molecule has 2 aliphatic heterocycles. The number of nitrogens with zero attached hydrogens (tertiary/aromatic N) is 2. The minimum Gasteiger partial charge on any atom is -0.340 e. The molecule has 26 heavy (non-hydrogen) atoms. The average Bonchev–Trinajstić information content (AvgIpc) is 2.85. The van der Waals surface area contributed by atoms with Crippen molar-refractivity contribution >= 4 is 11.4 Å². The lowest BCUT2D eigenvalue weighted by atomic mass is 9.97. The predicted octanol–water partition coefficient (Wildman–Crippen LogP) is 5.01. The van der Waals surface area contributed by atoms with Gasteiger partial charge in [-0.25, -0.2) is 9.90 Å². The molecule has 0 saturated carbocycles. The van der Waals surface area contributed by atoms with Crippen molar-refractivity contribution in [1.29, 1.82) is 0 Å². The molecule has 2 heterocycles. The van der Waals surface area contributed by atoms with Crippen LogP contribution in [-0.2, 0) is 17.8 Å². The van der Waals surface area contributed by atoms with Gasteiger partial charge in [0.2, 0.25) is 0 Å². The van der Waals surface area contributed by atoms with Crippen LogP contribution in [0, 0.1) is 6.92 Å². The molecule has 130 valence electrons. The summed E-state index contributed by atoms with van der Waals surface area (Å²) in [6.07, 6.45) is 0.958. The number of rotatable bonds is 1. The number of fused-ring (bicyclic) bond motifs is 5. The first-order chi connectivity index (χ1) is 12.8. The van der Waals surface area contributed by atoms with Crippen LogP contribution < -0.4 is 9.96 Å². The van der Waals surface area contributed by atoms with Crippen molar-refractivity contribution in [3.8, 4) is 0 Å². The van der Waals surface area contributed by atoms with Crippen molar-refractivity contribution in [2.45, 2.75) is 26.1 Å². The monoisotopic (exact) mass is 342 g/mol. The number of hydrogen-bond acceptors (Lipinski definition) is 3. The zero-order valence-corrected chi connectivity index (χ0v) is 14.9. The summed E-state index contributed by atoms with van der Waals surface area (Å²) in [6, 6.07) is 25.9. The third-order valence-corrected chi connectivity index (χ3v) is 5.39. The Hall–Kier alpha value is -2.78. The van der Waals surface area contributed by atoms with Crippen LogP contribution in [0.4, 0.5) is 11.4 Å². The number of anilines is 2. The zero-order valence-electron chi connectivity index (χ0n) is 14.9. The molecule has 0 aromatic heterocycles. The fourth-order valence-corrected chi connectivity index (χ4v) is 3.99. The second-order valence-corrected chi connectivity index (χ2v) is 7.10. The molecular formula is C23H22N2O. The highest BCUT2D eigenvalue weighted by atomic mass is 16.7. The highest BCUT2D eigenvalue weighted by molar-refractivity contribution is 5.60. The topological polar surface area (TPSA) is 15.7 Å². The van der Waals surface area contributed by atoms with Crippen LogP contribution in [-0.4, -0.2) is 6.54 Å². The maximum Gasteiger partial charge on any atom is 0.183 e. The molecule has 0 saturated heterocycles. The van der Waals surface area contributed by atoms with Crippen LogP contribution in [0.15, 0.2) is 72.8 Å². The van der Waals surface area contributed by atoms with E-state index >= 15 is 0 Å². The molecule has 0 N–H and O–H groups in total. The van der Waals surface area contributed by atoms with E-state index in [0.717, 1.165) is 25.2 Å². The second kappa shape index (κ2) is 6.19. The van der Waals surface area contributed by atoms with E-state index in [1.807, 2.05) is 5.06 Å². The maximum atomic E-state index is 6.61. The van der Waals surface area contributed by atoms with Gasteiger partial charge in [-0.2, -0.15) is 0 Å². The normalized spacial score (nSPS) is 18.6. The van der Waals surface area contributed by atoms with Crippen LogP contribution in [0.5, 0.6) is 0 Å². The van der Waals surface area contributed by atoms with Gasteiger partial charge < -0.3 is 4.90 Å². The van der Waals surface area contributed by atoms with E-state index in [-0.39, 0.29) is 6.23 Å². The third kappa shape index (κ3) is 2.56. The van der Waals surface area contributed by atoms with Gasteiger partial charge in [0, 0.05) is 17.8 Å². The Morgan fingerprint density at radius 3 is 2.42 bits per heavy atom. The minimum atomic E-state index is -0.0927. The first-order valence-corrected chi connectivity index (χ1v) is 9.23. The third-order valence-electron chi connectivity index (χ3n) is 5.39. The summed E-state index contributed by atoms with van der Waals surface area (Å²) in [5, 5.41) is 2.05. The first-order valence-electron chi connectivity index (χ1n) is 9.23. The Balaban J connectivity index is 1.63. The summed E-state index contributed by atoms with van der Waals surface area (Å²) in [4.78, 5) is 9.02. The number of aryl methyl sites for hydroxylation is 1. The van der Waals surface area contributed by atoms with Gasteiger partial charge >= 0.3 is 0 Å². The Bertz CT molecular complexity index is 935. The van der Waals surface area contributed by atoms with Crippen LogP contribution in [0.1, 0.15) is 28.5 Å². The predicted molar refractivity (Wildman–Crippen MR) is 105 cm³/mol. The fraction of sp³-hybridized carbons (Fsp3) is 0.217. The molecule has 5 rings (SSSR count). The van der Waals surface area contributed by atoms with Crippen molar-refractivity contribution < 1.29 is 4.84 Å². The van der Waals surface area contributed by atoms with Gasteiger partial charge in [0.05, 0.1) is 12.2 Å². The molecule has 0 fully saturated rings. The number of hydroxylamine groups is 1. The van der Waals surface area contributed by atoms with E-state index in [4.69, 9.17) is 4.84 Å². The van der Waals surface area contributed by atoms with E-state index < -0.39 is 0 Å². The van der Waals surface area contributed by atoms with Gasteiger partial charge in [0.25, 0.3) is 0 Å². The first kappa shape index (κ1) is 15.5.